The predicted octanol–water partition coefficient (Wildman–Crippen LogP) is 5.77. The number of aliphatic carboxylic acids is 1. The lowest BCUT2D eigenvalue weighted by molar-refractivity contribution is -0.140. The summed E-state index contributed by atoms with van der Waals surface area (Å²) in [6, 6.07) is 15.0. The molecule has 11 nitrogen and oxygen atoms in total. The van der Waals surface area contributed by atoms with Crippen molar-refractivity contribution in [2.45, 2.75) is 56.8 Å². The Morgan fingerprint density at radius 2 is 1.92 bits per heavy atom. The number of carbonyl (C=O) groups excluding carboxylic acids is 1. The van der Waals surface area contributed by atoms with Gasteiger partial charge in [-0.25, -0.2) is 9.37 Å². The Bertz CT molecular complexity index is 2090. The maximum Gasteiger partial charge on any atom is 0.323 e. The zero-order valence-electron chi connectivity index (χ0n) is 27.9. The molecule has 7 rings (SSSR count). The Labute approximate surface area is 293 Å². The summed E-state index contributed by atoms with van der Waals surface area (Å²) in [5, 5.41) is 25.5. The molecule has 0 bridgehead atoms. The van der Waals surface area contributed by atoms with Crippen LogP contribution in [0.5, 0.6) is 11.5 Å². The quantitative estimate of drug-likeness (QED) is 0.188. The molecule has 1 aliphatic heterocycles. The minimum absolute atomic E-state index is 0.0704. The molecule has 3 aliphatic rings. The number of carboxylic acids is 1. The number of nitrogens with zero attached hydrogens (tertiary/aromatic N) is 4. The van der Waals surface area contributed by atoms with Gasteiger partial charge in [0.25, 0.3) is 5.91 Å². The summed E-state index contributed by atoms with van der Waals surface area (Å²) < 4.78 is 29.3. The second-order valence-electron chi connectivity index (χ2n) is 13.1. The van der Waals surface area contributed by atoms with Gasteiger partial charge in [-0.1, -0.05) is 41.9 Å². The zero-order valence-corrected chi connectivity index (χ0v) is 28.7. The standard InChI is InChI=1S/C37H36ClFN6O5/c1-44-15-12-28-27(19-44)42-34(45(28)2)35(46)43-26-9-5-7-21(24(26)17-40)20-6-4-8-23-22(20)10-11-29(23)50-31-16-30(49-3)25(33(39)32(31)38)18-41-37(13-14-37)36(47)48/h4-9,16,29,41H,10-15,18-19H2,1-3H3,(H,43,46)(H,47,48). The average Bonchev–Trinajstić information content (AvgIpc) is 3.70. The number of nitriles is 1. The second kappa shape index (κ2) is 13.1. The van der Waals surface area contributed by atoms with E-state index in [1.165, 1.54) is 13.2 Å². The molecule has 1 aromatic heterocycles. The fraction of sp³-hybridized carbons (Fsp3) is 0.351. The first-order valence-corrected chi connectivity index (χ1v) is 16.8. The maximum atomic E-state index is 15.6. The van der Waals surface area contributed by atoms with Crippen molar-refractivity contribution < 1.29 is 28.6 Å². The van der Waals surface area contributed by atoms with Crippen LogP contribution in [-0.4, -0.2) is 57.7 Å². The lowest BCUT2D eigenvalue weighted by Crippen LogP contribution is -2.38. The normalized spacial score (nSPS) is 17.4. The van der Waals surface area contributed by atoms with E-state index in [1.807, 2.05) is 42.9 Å². The average molecular weight is 699 g/mol. The number of nitrogens with one attached hydrogen (secondary N) is 2. The molecule has 2 aliphatic carbocycles. The Kier molecular flexibility index (Phi) is 8.76. The largest absolute Gasteiger partial charge is 0.496 e. The van der Waals surface area contributed by atoms with Gasteiger partial charge in [-0.2, -0.15) is 5.26 Å². The lowest BCUT2D eigenvalue weighted by atomic mass is 9.92. The molecule has 1 fully saturated rings. The number of imidazole rings is 1. The highest BCUT2D eigenvalue weighted by atomic mass is 35.5. The van der Waals surface area contributed by atoms with Crippen LogP contribution in [0.1, 0.15) is 69.6 Å². The first-order chi connectivity index (χ1) is 24.0. The number of amides is 1. The molecule has 258 valence electrons. The second-order valence-corrected chi connectivity index (χ2v) is 13.5. The minimum Gasteiger partial charge on any atom is -0.496 e. The van der Waals surface area contributed by atoms with Crippen molar-refractivity contribution in [2.24, 2.45) is 7.05 Å². The van der Waals surface area contributed by atoms with Crippen molar-refractivity contribution in [3.8, 4) is 28.7 Å². The third-order valence-corrected chi connectivity index (χ3v) is 10.4. The lowest BCUT2D eigenvalue weighted by Gasteiger charge is -2.21. The molecule has 0 spiro atoms. The number of benzene rings is 3. The smallest absolute Gasteiger partial charge is 0.323 e. The van der Waals surface area contributed by atoms with E-state index in [4.69, 9.17) is 21.1 Å². The van der Waals surface area contributed by atoms with E-state index in [9.17, 15) is 20.0 Å². The number of halogens is 2. The van der Waals surface area contributed by atoms with Crippen LogP contribution in [0.2, 0.25) is 5.02 Å². The Morgan fingerprint density at radius 3 is 2.64 bits per heavy atom. The summed E-state index contributed by atoms with van der Waals surface area (Å²) in [6.07, 6.45) is 2.47. The van der Waals surface area contributed by atoms with E-state index < -0.39 is 23.4 Å². The van der Waals surface area contributed by atoms with Gasteiger partial charge in [0.15, 0.2) is 11.6 Å². The molecule has 1 atom stereocenters. The van der Waals surface area contributed by atoms with E-state index in [1.54, 1.807) is 12.1 Å². The van der Waals surface area contributed by atoms with Crippen LogP contribution in [0.3, 0.4) is 0 Å². The number of hydrogen-bond acceptors (Lipinski definition) is 8. The minimum atomic E-state index is -1.06. The van der Waals surface area contributed by atoms with E-state index >= 15 is 4.39 Å². The highest BCUT2D eigenvalue weighted by Crippen LogP contribution is 2.45. The molecule has 50 heavy (non-hydrogen) atoms. The van der Waals surface area contributed by atoms with Crippen LogP contribution in [0.25, 0.3) is 11.1 Å². The summed E-state index contributed by atoms with van der Waals surface area (Å²) in [4.78, 5) is 31.9. The highest BCUT2D eigenvalue weighted by molar-refractivity contribution is 6.32. The first-order valence-electron chi connectivity index (χ1n) is 16.4. The van der Waals surface area contributed by atoms with Crippen LogP contribution >= 0.6 is 11.6 Å². The first kappa shape index (κ1) is 33.5. The molecule has 3 N–H and O–H groups in total. The van der Waals surface area contributed by atoms with Gasteiger partial charge < -0.3 is 29.4 Å². The molecule has 1 saturated carbocycles. The maximum absolute atomic E-state index is 15.6. The van der Waals surface area contributed by atoms with Gasteiger partial charge in [-0.15, -0.1) is 0 Å². The molecule has 0 radical (unpaired) electrons. The van der Waals surface area contributed by atoms with Crippen molar-refractivity contribution in [2.75, 3.05) is 26.0 Å². The Morgan fingerprint density at radius 1 is 1.16 bits per heavy atom. The van der Waals surface area contributed by atoms with Crippen LogP contribution in [0, 0.1) is 17.1 Å². The van der Waals surface area contributed by atoms with E-state index in [0.717, 1.165) is 41.0 Å². The summed E-state index contributed by atoms with van der Waals surface area (Å²) in [5.41, 5.74) is 5.06. The number of aromatic nitrogens is 2. The van der Waals surface area contributed by atoms with Crippen molar-refractivity contribution in [1.29, 1.82) is 5.26 Å². The fourth-order valence-electron chi connectivity index (χ4n) is 7.09. The molecule has 1 unspecified atom stereocenters. The highest BCUT2D eigenvalue weighted by Gasteiger charge is 2.50. The molecular formula is C37H36ClFN6O5. The molecule has 4 aromatic rings. The van der Waals surface area contributed by atoms with Crippen LogP contribution in [-0.2, 0) is 37.8 Å². The molecule has 1 amide bonds. The van der Waals surface area contributed by atoms with Gasteiger partial charge in [-0.05, 0) is 55.5 Å². The van der Waals surface area contributed by atoms with E-state index in [-0.39, 0.29) is 34.5 Å². The van der Waals surface area contributed by atoms with Gasteiger partial charge in [0.05, 0.1) is 24.1 Å². The molecular weight excluding hydrogens is 663 g/mol. The van der Waals surface area contributed by atoms with Crippen molar-refractivity contribution >= 4 is 29.2 Å². The predicted molar refractivity (Wildman–Crippen MR) is 184 cm³/mol. The number of fused-ring (bicyclic) bond motifs is 2. The molecule has 3 aromatic carbocycles. The molecule has 13 heteroatoms. The van der Waals surface area contributed by atoms with Crippen molar-refractivity contribution in [3.63, 3.8) is 0 Å². The number of ether oxygens (including phenoxy) is 2. The third-order valence-electron chi connectivity index (χ3n) is 10.1. The van der Waals surface area contributed by atoms with Gasteiger partial charge in [0, 0.05) is 56.0 Å². The van der Waals surface area contributed by atoms with Gasteiger partial charge in [-0.3, -0.25) is 14.9 Å². The monoisotopic (exact) mass is 698 g/mol. The number of rotatable bonds is 10. The number of carbonyl (C=O) groups is 2. The van der Waals surface area contributed by atoms with Gasteiger partial charge >= 0.3 is 5.97 Å². The molecule has 2 heterocycles. The number of hydrogen-bond donors (Lipinski definition) is 3. The summed E-state index contributed by atoms with van der Waals surface area (Å²) >= 11 is 6.50. The SMILES string of the molecule is COc1cc(OC2CCc3c(-c4cccc(NC(=O)c5nc6c(n5C)CCN(C)C6)c4C#N)cccc32)c(Cl)c(F)c1CNC1(C(=O)O)CC1. The number of likely N-dealkylation sites (N-methyl/N-ethyl adjacent to an activating group) is 1. The Balaban J connectivity index is 1.14. The zero-order chi connectivity index (χ0) is 35.3. The van der Waals surface area contributed by atoms with Gasteiger partial charge in [0.2, 0.25) is 0 Å². The molecule has 0 saturated heterocycles. The summed E-state index contributed by atoms with van der Waals surface area (Å²) in [6.45, 7) is 1.49. The number of carboxylic acid groups (broad SMARTS) is 1. The van der Waals surface area contributed by atoms with Crippen molar-refractivity contribution in [1.82, 2.24) is 19.8 Å². The Hall–Kier alpha value is -4.96. The summed E-state index contributed by atoms with van der Waals surface area (Å²) in [7, 11) is 5.27. The summed E-state index contributed by atoms with van der Waals surface area (Å²) in [5.74, 6) is -1.51. The van der Waals surface area contributed by atoms with Crippen LogP contribution in [0.15, 0.2) is 42.5 Å². The third kappa shape index (κ3) is 5.85. The van der Waals surface area contributed by atoms with Crippen molar-refractivity contribution in [3.05, 3.63) is 92.8 Å². The van der Waals surface area contributed by atoms with Crippen LogP contribution < -0.4 is 20.1 Å². The number of anilines is 1. The topological polar surface area (TPSA) is 142 Å². The number of methoxy groups -OCH3 is 1. The van der Waals surface area contributed by atoms with Crippen LogP contribution in [0.4, 0.5) is 10.1 Å². The van der Waals surface area contributed by atoms with Gasteiger partial charge in [0.1, 0.15) is 34.2 Å². The fourth-order valence-corrected chi connectivity index (χ4v) is 7.30. The van der Waals surface area contributed by atoms with E-state index in [2.05, 4.69) is 26.6 Å². The van der Waals surface area contributed by atoms with E-state index in [0.29, 0.717) is 54.9 Å².